The lowest BCUT2D eigenvalue weighted by Crippen LogP contribution is -2.38. The Labute approximate surface area is 115 Å². The summed E-state index contributed by atoms with van der Waals surface area (Å²) >= 11 is 1.90. The molecule has 102 valence electrons. The van der Waals surface area contributed by atoms with Gasteiger partial charge in [0.2, 0.25) is 0 Å². The van der Waals surface area contributed by atoms with Crippen LogP contribution in [0.2, 0.25) is 0 Å². The van der Waals surface area contributed by atoms with Gasteiger partial charge in [-0.3, -0.25) is 4.90 Å². The Kier molecular flexibility index (Phi) is 4.46. The van der Waals surface area contributed by atoms with E-state index in [1.165, 1.54) is 34.7 Å². The van der Waals surface area contributed by atoms with Crippen molar-refractivity contribution in [3.05, 3.63) is 21.4 Å². The quantitative estimate of drug-likeness (QED) is 0.854. The van der Waals surface area contributed by atoms with Crippen molar-refractivity contribution in [2.45, 2.75) is 52.6 Å². The first kappa shape index (κ1) is 14.0. The summed E-state index contributed by atoms with van der Waals surface area (Å²) in [4.78, 5) is 5.50. The van der Waals surface area contributed by atoms with Crippen molar-refractivity contribution in [3.8, 4) is 0 Å². The molecule has 2 nitrogen and oxygen atoms in total. The Morgan fingerprint density at radius 3 is 2.44 bits per heavy atom. The van der Waals surface area contributed by atoms with E-state index in [0.717, 1.165) is 12.6 Å². The second kappa shape index (κ2) is 5.72. The summed E-state index contributed by atoms with van der Waals surface area (Å²) in [5.41, 5.74) is 7.55. The fraction of sp³-hybridized carbons (Fsp3) is 0.733. The number of nitrogens with zero attached hydrogens (tertiary/aromatic N) is 1. The normalized spacial score (nSPS) is 17.7. The molecule has 1 aliphatic carbocycles. The van der Waals surface area contributed by atoms with E-state index in [1.807, 2.05) is 11.3 Å². The number of aryl methyl sites for hydroxylation is 2. The van der Waals surface area contributed by atoms with Crippen LogP contribution in [0, 0.1) is 19.8 Å². The van der Waals surface area contributed by atoms with Crippen LogP contribution in [0.1, 0.15) is 48.0 Å². The zero-order valence-electron chi connectivity index (χ0n) is 12.1. The molecule has 2 rings (SSSR count). The maximum absolute atomic E-state index is 6.09. The van der Waals surface area contributed by atoms with Gasteiger partial charge in [-0.05, 0) is 44.2 Å². The number of hydrogen-bond acceptors (Lipinski definition) is 3. The van der Waals surface area contributed by atoms with Crippen molar-refractivity contribution in [3.63, 3.8) is 0 Å². The number of nitrogens with two attached hydrogens (primary N) is 1. The first-order chi connectivity index (χ1) is 8.52. The van der Waals surface area contributed by atoms with Crippen molar-refractivity contribution in [2.75, 3.05) is 13.1 Å². The Hall–Kier alpha value is -0.380. The third-order valence-electron chi connectivity index (χ3n) is 3.65. The van der Waals surface area contributed by atoms with Crippen LogP contribution < -0.4 is 5.73 Å². The van der Waals surface area contributed by atoms with Gasteiger partial charge in [0.05, 0.1) is 0 Å². The highest BCUT2D eigenvalue weighted by Crippen LogP contribution is 2.37. The van der Waals surface area contributed by atoms with E-state index < -0.39 is 0 Å². The summed E-state index contributed by atoms with van der Waals surface area (Å²) in [5.74, 6) is 0.708. The molecule has 1 heterocycles. The van der Waals surface area contributed by atoms with Crippen LogP contribution in [-0.2, 0) is 0 Å². The van der Waals surface area contributed by atoms with E-state index in [2.05, 4.69) is 38.7 Å². The van der Waals surface area contributed by atoms with E-state index in [0.29, 0.717) is 12.0 Å². The third-order valence-corrected chi connectivity index (χ3v) is 4.64. The molecule has 2 N–H and O–H groups in total. The van der Waals surface area contributed by atoms with Crippen molar-refractivity contribution in [1.29, 1.82) is 0 Å². The largest absolute Gasteiger partial charge is 0.329 e. The molecule has 1 atom stereocenters. The average Bonchev–Trinajstić information content (AvgIpc) is 3.05. The first-order valence-electron chi connectivity index (χ1n) is 7.05. The second-order valence-electron chi connectivity index (χ2n) is 5.94. The van der Waals surface area contributed by atoms with Gasteiger partial charge < -0.3 is 5.73 Å². The van der Waals surface area contributed by atoms with Gasteiger partial charge in [-0.1, -0.05) is 13.8 Å². The van der Waals surface area contributed by atoms with E-state index in [-0.39, 0.29) is 0 Å². The van der Waals surface area contributed by atoms with E-state index in [9.17, 15) is 0 Å². The van der Waals surface area contributed by atoms with Crippen molar-refractivity contribution < 1.29 is 0 Å². The molecule has 0 amide bonds. The number of thiophene rings is 1. The van der Waals surface area contributed by atoms with Gasteiger partial charge in [0.1, 0.15) is 0 Å². The van der Waals surface area contributed by atoms with Crippen LogP contribution in [0.3, 0.4) is 0 Å². The SMILES string of the molecule is Cc1cc(C(CN)N(CC(C)C)C2CC2)c(C)s1. The molecule has 1 saturated carbocycles. The van der Waals surface area contributed by atoms with Gasteiger partial charge in [0, 0.05) is 34.9 Å². The van der Waals surface area contributed by atoms with E-state index in [1.54, 1.807) is 0 Å². The van der Waals surface area contributed by atoms with Crippen LogP contribution in [0.15, 0.2) is 6.07 Å². The minimum Gasteiger partial charge on any atom is -0.329 e. The standard InChI is InChI=1S/C15H26N2S/c1-10(2)9-17(13-5-6-13)15(8-16)14-7-11(3)18-12(14)4/h7,10,13,15H,5-6,8-9,16H2,1-4H3. The first-order valence-corrected chi connectivity index (χ1v) is 7.87. The Bertz CT molecular complexity index is 393. The van der Waals surface area contributed by atoms with Crippen molar-refractivity contribution in [1.82, 2.24) is 4.90 Å². The molecule has 1 aliphatic rings. The zero-order valence-corrected chi connectivity index (χ0v) is 12.9. The molecule has 0 spiro atoms. The summed E-state index contributed by atoms with van der Waals surface area (Å²) in [5, 5.41) is 0. The summed E-state index contributed by atoms with van der Waals surface area (Å²) in [6.45, 7) is 10.9. The molecule has 18 heavy (non-hydrogen) atoms. The predicted octanol–water partition coefficient (Wildman–Crippen LogP) is 3.49. The highest BCUT2D eigenvalue weighted by Gasteiger charge is 2.35. The molecular weight excluding hydrogens is 240 g/mol. The molecular formula is C15H26N2S. The van der Waals surface area contributed by atoms with Crippen LogP contribution in [0.25, 0.3) is 0 Å². The van der Waals surface area contributed by atoms with Crippen molar-refractivity contribution in [2.24, 2.45) is 11.7 Å². The highest BCUT2D eigenvalue weighted by molar-refractivity contribution is 7.12. The molecule has 1 aromatic rings. The molecule has 0 radical (unpaired) electrons. The molecule has 1 unspecified atom stereocenters. The number of rotatable bonds is 6. The monoisotopic (exact) mass is 266 g/mol. The molecule has 0 saturated heterocycles. The van der Waals surface area contributed by atoms with Gasteiger partial charge in [0.15, 0.2) is 0 Å². The van der Waals surface area contributed by atoms with Crippen LogP contribution in [0.4, 0.5) is 0 Å². The lowest BCUT2D eigenvalue weighted by Gasteiger charge is -2.32. The van der Waals surface area contributed by atoms with Crippen LogP contribution in [-0.4, -0.2) is 24.0 Å². The minimum absolute atomic E-state index is 0.421. The Morgan fingerprint density at radius 2 is 2.06 bits per heavy atom. The van der Waals surface area contributed by atoms with E-state index >= 15 is 0 Å². The Balaban J connectivity index is 2.21. The molecule has 0 bridgehead atoms. The smallest absolute Gasteiger partial charge is 0.0484 e. The highest BCUT2D eigenvalue weighted by atomic mass is 32.1. The van der Waals surface area contributed by atoms with Gasteiger partial charge in [-0.2, -0.15) is 0 Å². The maximum atomic E-state index is 6.09. The summed E-state index contributed by atoms with van der Waals surface area (Å²) in [7, 11) is 0. The van der Waals surface area contributed by atoms with Crippen LogP contribution in [0.5, 0.6) is 0 Å². The lowest BCUT2D eigenvalue weighted by atomic mass is 10.0. The van der Waals surface area contributed by atoms with Crippen LogP contribution >= 0.6 is 11.3 Å². The average molecular weight is 266 g/mol. The van der Waals surface area contributed by atoms with Gasteiger partial charge in [-0.15, -0.1) is 11.3 Å². The molecule has 0 aliphatic heterocycles. The lowest BCUT2D eigenvalue weighted by molar-refractivity contribution is 0.169. The molecule has 0 aromatic carbocycles. The summed E-state index contributed by atoms with van der Waals surface area (Å²) in [6, 6.07) is 3.54. The zero-order chi connectivity index (χ0) is 13.3. The fourth-order valence-corrected chi connectivity index (χ4v) is 3.76. The summed E-state index contributed by atoms with van der Waals surface area (Å²) < 4.78 is 0. The van der Waals surface area contributed by atoms with Gasteiger partial charge >= 0.3 is 0 Å². The molecule has 1 aromatic heterocycles. The molecule has 1 fully saturated rings. The third kappa shape index (κ3) is 3.14. The fourth-order valence-electron chi connectivity index (χ4n) is 2.78. The van der Waals surface area contributed by atoms with E-state index in [4.69, 9.17) is 5.73 Å². The number of hydrogen-bond donors (Lipinski definition) is 1. The maximum Gasteiger partial charge on any atom is 0.0484 e. The minimum atomic E-state index is 0.421. The van der Waals surface area contributed by atoms with Crippen molar-refractivity contribution >= 4 is 11.3 Å². The second-order valence-corrected chi connectivity index (χ2v) is 7.40. The summed E-state index contributed by atoms with van der Waals surface area (Å²) in [6.07, 6.45) is 2.71. The Morgan fingerprint density at radius 1 is 1.39 bits per heavy atom. The molecule has 3 heteroatoms. The topological polar surface area (TPSA) is 29.3 Å². The van der Waals surface area contributed by atoms with Gasteiger partial charge in [0.25, 0.3) is 0 Å². The van der Waals surface area contributed by atoms with Gasteiger partial charge in [-0.25, -0.2) is 0 Å². The predicted molar refractivity (Wildman–Crippen MR) is 80.2 cm³/mol.